The summed E-state index contributed by atoms with van der Waals surface area (Å²) in [5.74, 6) is -0.522. The van der Waals surface area contributed by atoms with Crippen LogP contribution in [0.4, 0.5) is 0 Å². The van der Waals surface area contributed by atoms with Gasteiger partial charge < -0.3 is 4.57 Å². The number of aromatic nitrogens is 1. The van der Waals surface area contributed by atoms with Gasteiger partial charge >= 0.3 is 0 Å². The number of carbonyl (C=O) groups is 1. The van der Waals surface area contributed by atoms with Crippen LogP contribution in [0.5, 0.6) is 0 Å². The van der Waals surface area contributed by atoms with Gasteiger partial charge in [-0.1, -0.05) is 0 Å². The van der Waals surface area contributed by atoms with Gasteiger partial charge in [0.05, 0.1) is 0 Å². The highest BCUT2D eigenvalue weighted by atomic mass is 32.1. The molecule has 0 radical (unpaired) electrons. The largest absolute Gasteiger partial charge is 0.350 e. The summed E-state index contributed by atoms with van der Waals surface area (Å²) in [4.78, 5) is 13.9. The fraction of sp³-hybridized carbons (Fsp3) is 0.100. The Kier molecular flexibility index (Phi) is 3.05. The van der Waals surface area contributed by atoms with Crippen molar-refractivity contribution >= 4 is 17.2 Å². The first-order valence-corrected chi connectivity index (χ1v) is 5.51. The van der Waals surface area contributed by atoms with Gasteiger partial charge in [-0.05, 0) is 33.7 Å². The standard InChI is InChI=1S/C10H8N4OS/c11-13-12-10(15)9-7-16-6-8(9)5-14-3-1-2-4-14/h1-4,6-7H,5H2. The number of hydrogen-bond acceptors (Lipinski definition) is 2. The average Bonchev–Trinajstić information content (AvgIpc) is 2.90. The number of hydrogen-bond donors (Lipinski definition) is 0. The van der Waals surface area contributed by atoms with Crippen molar-refractivity contribution in [2.75, 3.05) is 0 Å². The van der Waals surface area contributed by atoms with Crippen LogP contribution in [-0.2, 0) is 6.54 Å². The highest BCUT2D eigenvalue weighted by Gasteiger charge is 2.10. The summed E-state index contributed by atoms with van der Waals surface area (Å²) in [7, 11) is 0. The zero-order chi connectivity index (χ0) is 11.4. The van der Waals surface area contributed by atoms with Crippen LogP contribution >= 0.6 is 11.3 Å². The third-order valence-electron chi connectivity index (χ3n) is 2.13. The minimum atomic E-state index is -0.522. The monoisotopic (exact) mass is 232 g/mol. The molecule has 2 heterocycles. The van der Waals surface area contributed by atoms with Gasteiger partial charge in [-0.15, -0.1) is 0 Å². The Hall–Kier alpha value is -2.04. The fourth-order valence-electron chi connectivity index (χ4n) is 1.40. The average molecular weight is 232 g/mol. The minimum absolute atomic E-state index is 0.483. The van der Waals surface area contributed by atoms with Crippen LogP contribution in [-0.4, -0.2) is 10.5 Å². The maximum absolute atomic E-state index is 11.4. The Balaban J connectivity index is 2.26. The lowest BCUT2D eigenvalue weighted by atomic mass is 10.2. The normalized spacial score (nSPS) is 9.75. The maximum Gasteiger partial charge on any atom is 0.250 e. The second-order valence-corrected chi connectivity index (χ2v) is 3.90. The molecule has 0 fully saturated rings. The van der Waals surface area contributed by atoms with Gasteiger partial charge in [-0.25, -0.2) is 0 Å². The Morgan fingerprint density at radius 1 is 1.44 bits per heavy atom. The highest BCUT2D eigenvalue weighted by Crippen LogP contribution is 2.17. The van der Waals surface area contributed by atoms with E-state index in [-0.39, 0.29) is 0 Å². The first kappa shape index (κ1) is 10.5. The quantitative estimate of drug-likeness (QED) is 0.455. The van der Waals surface area contributed by atoms with Gasteiger partial charge in [0.2, 0.25) is 5.91 Å². The first-order chi connectivity index (χ1) is 7.81. The van der Waals surface area contributed by atoms with Crippen LogP contribution in [0.25, 0.3) is 10.4 Å². The van der Waals surface area contributed by atoms with E-state index in [4.69, 9.17) is 5.53 Å². The third-order valence-corrected chi connectivity index (χ3v) is 2.92. The molecule has 0 aliphatic heterocycles. The molecule has 0 aliphatic carbocycles. The van der Waals surface area contributed by atoms with Crippen LogP contribution in [0.3, 0.4) is 0 Å². The van der Waals surface area contributed by atoms with Gasteiger partial charge in [-0.2, -0.15) is 11.3 Å². The van der Waals surface area contributed by atoms with Crippen molar-refractivity contribution in [3.63, 3.8) is 0 Å². The zero-order valence-electron chi connectivity index (χ0n) is 8.28. The molecule has 0 aromatic carbocycles. The molecule has 1 amide bonds. The molecule has 0 saturated carbocycles. The molecule has 2 aromatic rings. The summed E-state index contributed by atoms with van der Waals surface area (Å²) in [5, 5.41) is 6.69. The molecule has 0 bridgehead atoms. The third kappa shape index (κ3) is 2.13. The number of nitrogens with zero attached hydrogens (tertiary/aromatic N) is 4. The van der Waals surface area contributed by atoms with E-state index in [0.717, 1.165) is 5.56 Å². The first-order valence-electron chi connectivity index (χ1n) is 4.56. The summed E-state index contributed by atoms with van der Waals surface area (Å²) in [5.41, 5.74) is 9.58. The second-order valence-electron chi connectivity index (χ2n) is 3.16. The van der Waals surface area contributed by atoms with E-state index in [0.29, 0.717) is 12.1 Å². The van der Waals surface area contributed by atoms with Gasteiger partial charge in [-0.3, -0.25) is 4.79 Å². The maximum atomic E-state index is 11.4. The topological polar surface area (TPSA) is 70.8 Å². The van der Waals surface area contributed by atoms with Crippen LogP contribution in [0, 0.1) is 0 Å². The molecule has 0 N–H and O–H groups in total. The van der Waals surface area contributed by atoms with Crippen molar-refractivity contribution in [1.29, 1.82) is 0 Å². The summed E-state index contributed by atoms with van der Waals surface area (Å²) in [6.07, 6.45) is 3.83. The molecule has 16 heavy (non-hydrogen) atoms. The molecule has 0 spiro atoms. The van der Waals surface area contributed by atoms with Gasteiger partial charge in [0.1, 0.15) is 0 Å². The lowest BCUT2D eigenvalue weighted by molar-refractivity contribution is 0.1000. The van der Waals surface area contributed by atoms with Gasteiger partial charge in [0.15, 0.2) is 0 Å². The summed E-state index contributed by atoms with van der Waals surface area (Å²) in [6, 6.07) is 3.84. The molecule has 0 unspecified atom stereocenters. The van der Waals surface area contributed by atoms with E-state index in [9.17, 15) is 4.79 Å². The highest BCUT2D eigenvalue weighted by molar-refractivity contribution is 7.08. The van der Waals surface area contributed by atoms with E-state index < -0.39 is 5.91 Å². The molecule has 0 saturated heterocycles. The summed E-state index contributed by atoms with van der Waals surface area (Å²) < 4.78 is 1.95. The lowest BCUT2D eigenvalue weighted by Gasteiger charge is -2.02. The number of amides is 1. The molecule has 6 heteroatoms. The van der Waals surface area contributed by atoms with Crippen molar-refractivity contribution in [1.82, 2.24) is 4.57 Å². The number of azide groups is 1. The fourth-order valence-corrected chi connectivity index (χ4v) is 2.22. The smallest absolute Gasteiger partial charge is 0.250 e. The zero-order valence-corrected chi connectivity index (χ0v) is 9.09. The predicted octanol–water partition coefficient (Wildman–Crippen LogP) is 3.05. The summed E-state index contributed by atoms with van der Waals surface area (Å²) in [6.45, 7) is 0.610. The molecule has 0 atom stereocenters. The van der Waals surface area contributed by atoms with E-state index in [1.54, 1.807) is 5.38 Å². The van der Waals surface area contributed by atoms with E-state index in [1.807, 2.05) is 34.5 Å². The van der Waals surface area contributed by atoms with Crippen molar-refractivity contribution in [3.05, 3.63) is 56.9 Å². The van der Waals surface area contributed by atoms with Crippen LogP contribution in [0.1, 0.15) is 15.9 Å². The van der Waals surface area contributed by atoms with E-state index in [1.165, 1.54) is 11.3 Å². The molecule has 2 rings (SSSR count). The van der Waals surface area contributed by atoms with Gasteiger partial charge in [0.25, 0.3) is 0 Å². The second kappa shape index (κ2) is 4.65. The molecular weight excluding hydrogens is 224 g/mol. The number of thiophene rings is 1. The van der Waals surface area contributed by atoms with Crippen molar-refractivity contribution in [3.8, 4) is 0 Å². The summed E-state index contributed by atoms with van der Waals surface area (Å²) >= 11 is 1.42. The molecular formula is C10H8N4OS. The predicted molar refractivity (Wildman–Crippen MR) is 61.3 cm³/mol. The molecule has 2 aromatic heterocycles. The van der Waals surface area contributed by atoms with Crippen molar-refractivity contribution in [2.24, 2.45) is 5.11 Å². The molecule has 0 aliphatic rings. The van der Waals surface area contributed by atoms with E-state index >= 15 is 0 Å². The Labute approximate surface area is 95.6 Å². The minimum Gasteiger partial charge on any atom is -0.350 e. The van der Waals surface area contributed by atoms with Gasteiger partial charge in [0, 0.05) is 34.8 Å². The Morgan fingerprint density at radius 2 is 2.19 bits per heavy atom. The molecule has 80 valence electrons. The SMILES string of the molecule is [N-]=[N+]=NC(=O)c1cscc1Cn1cccc1. The molecule has 5 nitrogen and oxygen atoms in total. The van der Waals surface area contributed by atoms with Crippen LogP contribution in [0.2, 0.25) is 0 Å². The number of rotatable bonds is 3. The number of carbonyl (C=O) groups excluding carboxylic acids is 1. The van der Waals surface area contributed by atoms with Crippen molar-refractivity contribution < 1.29 is 4.79 Å². The Morgan fingerprint density at radius 3 is 2.88 bits per heavy atom. The van der Waals surface area contributed by atoms with Crippen LogP contribution in [0.15, 0.2) is 40.4 Å². The lowest BCUT2D eigenvalue weighted by Crippen LogP contribution is -2.01. The Bertz CT molecular complexity index is 537. The van der Waals surface area contributed by atoms with Crippen LogP contribution < -0.4 is 0 Å². The van der Waals surface area contributed by atoms with E-state index in [2.05, 4.69) is 10.0 Å². The van der Waals surface area contributed by atoms with Crippen molar-refractivity contribution in [2.45, 2.75) is 6.54 Å².